The summed E-state index contributed by atoms with van der Waals surface area (Å²) >= 11 is 0. The second-order valence-electron chi connectivity index (χ2n) is 6.01. The van der Waals surface area contributed by atoms with Crippen molar-refractivity contribution < 1.29 is 9.53 Å². The number of amides is 1. The second kappa shape index (κ2) is 6.43. The van der Waals surface area contributed by atoms with E-state index in [1.54, 1.807) is 18.6 Å². The molecule has 0 spiro atoms. The van der Waals surface area contributed by atoms with Crippen LogP contribution in [0.25, 0.3) is 11.3 Å². The maximum absolute atomic E-state index is 11.7. The number of nitrogens with zero attached hydrogens (tertiary/aromatic N) is 5. The van der Waals surface area contributed by atoms with Crippen molar-refractivity contribution >= 4 is 12.0 Å². The molecule has 2 aromatic heterocycles. The average molecular weight is 325 g/mol. The highest BCUT2D eigenvalue weighted by atomic mass is 16.6. The van der Waals surface area contributed by atoms with Gasteiger partial charge in [0, 0.05) is 43.3 Å². The van der Waals surface area contributed by atoms with Crippen LogP contribution in [0.4, 0.5) is 10.7 Å². The van der Waals surface area contributed by atoms with Crippen molar-refractivity contribution in [3.8, 4) is 11.3 Å². The van der Waals surface area contributed by atoms with Gasteiger partial charge < -0.3 is 14.5 Å². The van der Waals surface area contributed by atoms with Crippen LogP contribution in [0.3, 0.4) is 0 Å². The molecule has 0 bridgehead atoms. The summed E-state index contributed by atoms with van der Waals surface area (Å²) in [5, 5.41) is 0. The topological polar surface area (TPSA) is 71.5 Å². The Bertz CT molecular complexity index is 716. The van der Waals surface area contributed by atoms with E-state index in [0.29, 0.717) is 13.2 Å². The Balaban J connectivity index is 1.45. The van der Waals surface area contributed by atoms with Crippen LogP contribution < -0.4 is 4.90 Å². The van der Waals surface area contributed by atoms with Gasteiger partial charge in [-0.1, -0.05) is 0 Å². The summed E-state index contributed by atoms with van der Waals surface area (Å²) in [6.07, 6.45) is 6.99. The largest absolute Gasteiger partial charge is 0.448 e. The highest BCUT2D eigenvalue weighted by molar-refractivity contribution is 5.69. The molecule has 7 heteroatoms. The van der Waals surface area contributed by atoms with E-state index >= 15 is 0 Å². The molecule has 2 aromatic rings. The van der Waals surface area contributed by atoms with Gasteiger partial charge in [-0.15, -0.1) is 0 Å². The van der Waals surface area contributed by atoms with Gasteiger partial charge in [0.15, 0.2) is 0 Å². The first-order chi connectivity index (χ1) is 11.8. The Morgan fingerprint density at radius 2 is 2.00 bits per heavy atom. The molecule has 1 amide bonds. The summed E-state index contributed by atoms with van der Waals surface area (Å²) in [5.41, 5.74) is 1.86. The van der Waals surface area contributed by atoms with Gasteiger partial charge in [-0.05, 0) is 31.0 Å². The summed E-state index contributed by atoms with van der Waals surface area (Å²) in [5.74, 6) is 0.735. The predicted molar refractivity (Wildman–Crippen MR) is 88.6 cm³/mol. The Labute approximate surface area is 140 Å². The molecule has 0 atom stereocenters. The van der Waals surface area contributed by atoms with Crippen molar-refractivity contribution in [2.24, 2.45) is 0 Å². The number of piperidine rings is 1. The third kappa shape index (κ3) is 2.89. The number of aromatic nitrogens is 3. The Kier molecular flexibility index (Phi) is 3.98. The minimum absolute atomic E-state index is 0.178. The smallest absolute Gasteiger partial charge is 0.410 e. The first kappa shape index (κ1) is 14.9. The van der Waals surface area contributed by atoms with E-state index in [2.05, 4.69) is 19.9 Å². The molecule has 2 aliphatic rings. The third-order valence-corrected chi connectivity index (χ3v) is 4.58. The first-order valence-corrected chi connectivity index (χ1v) is 8.23. The summed E-state index contributed by atoms with van der Waals surface area (Å²) in [6.45, 7) is 2.89. The zero-order chi connectivity index (χ0) is 16.4. The van der Waals surface area contributed by atoms with Crippen LogP contribution >= 0.6 is 0 Å². The second-order valence-corrected chi connectivity index (χ2v) is 6.01. The Hall–Kier alpha value is -2.70. The molecule has 24 heavy (non-hydrogen) atoms. The monoisotopic (exact) mass is 325 g/mol. The molecule has 0 aliphatic carbocycles. The summed E-state index contributed by atoms with van der Waals surface area (Å²) in [4.78, 5) is 28.9. The predicted octanol–water partition coefficient (Wildman–Crippen LogP) is 1.96. The van der Waals surface area contributed by atoms with Crippen molar-refractivity contribution in [3.63, 3.8) is 0 Å². The van der Waals surface area contributed by atoms with E-state index in [-0.39, 0.29) is 12.1 Å². The van der Waals surface area contributed by atoms with Crippen LogP contribution in [-0.4, -0.2) is 58.2 Å². The van der Waals surface area contributed by atoms with Gasteiger partial charge in [0.1, 0.15) is 6.61 Å². The van der Waals surface area contributed by atoms with Crippen LogP contribution in [0.2, 0.25) is 0 Å². The molecule has 0 unspecified atom stereocenters. The number of ether oxygens (including phenoxy) is 1. The number of hydrogen-bond donors (Lipinski definition) is 0. The van der Waals surface area contributed by atoms with Gasteiger partial charge in [-0.25, -0.2) is 14.8 Å². The van der Waals surface area contributed by atoms with Gasteiger partial charge in [-0.2, -0.15) is 0 Å². The lowest BCUT2D eigenvalue weighted by molar-refractivity contribution is 0.142. The molecule has 4 heterocycles. The van der Waals surface area contributed by atoms with E-state index < -0.39 is 0 Å². The highest BCUT2D eigenvalue weighted by Gasteiger charge is 2.32. The van der Waals surface area contributed by atoms with Gasteiger partial charge in [0.25, 0.3) is 0 Å². The van der Waals surface area contributed by atoms with Gasteiger partial charge in [0.2, 0.25) is 5.95 Å². The van der Waals surface area contributed by atoms with Gasteiger partial charge >= 0.3 is 6.09 Å². The summed E-state index contributed by atoms with van der Waals surface area (Å²) in [6, 6.07) is 6.05. The fourth-order valence-corrected chi connectivity index (χ4v) is 3.29. The minimum Gasteiger partial charge on any atom is -0.448 e. The minimum atomic E-state index is -0.178. The summed E-state index contributed by atoms with van der Waals surface area (Å²) in [7, 11) is 0. The maximum Gasteiger partial charge on any atom is 0.410 e. The van der Waals surface area contributed by atoms with Crippen molar-refractivity contribution in [1.29, 1.82) is 0 Å². The molecule has 0 N–H and O–H groups in total. The molecular weight excluding hydrogens is 306 g/mol. The number of anilines is 1. The molecular formula is C17H19N5O2. The maximum atomic E-state index is 11.7. The fraction of sp³-hybridized carbons (Fsp3) is 0.412. The number of carbonyl (C=O) groups is 1. The number of carbonyl (C=O) groups excluding carboxylic acids is 1. The number of pyridine rings is 1. The zero-order valence-corrected chi connectivity index (χ0v) is 13.3. The quantitative estimate of drug-likeness (QED) is 0.859. The molecule has 7 nitrogen and oxygen atoms in total. The Morgan fingerprint density at radius 1 is 1.12 bits per heavy atom. The number of cyclic esters (lactones) is 1. The van der Waals surface area contributed by atoms with E-state index in [0.717, 1.165) is 43.1 Å². The average Bonchev–Trinajstić information content (AvgIpc) is 3.09. The van der Waals surface area contributed by atoms with Crippen molar-refractivity contribution in [2.75, 3.05) is 31.1 Å². The third-order valence-electron chi connectivity index (χ3n) is 4.58. The van der Waals surface area contributed by atoms with E-state index in [9.17, 15) is 4.79 Å². The number of rotatable bonds is 3. The zero-order valence-electron chi connectivity index (χ0n) is 13.3. The van der Waals surface area contributed by atoms with Crippen molar-refractivity contribution in [2.45, 2.75) is 18.9 Å². The van der Waals surface area contributed by atoms with E-state index in [1.165, 1.54) is 0 Å². The van der Waals surface area contributed by atoms with E-state index in [4.69, 9.17) is 4.74 Å². The molecule has 2 saturated heterocycles. The SMILES string of the molecule is O=C1OCCN1C1CCN(c2nccc(-c3cccnc3)n2)CC1. The Morgan fingerprint density at radius 3 is 2.71 bits per heavy atom. The van der Waals surface area contributed by atoms with Crippen molar-refractivity contribution in [1.82, 2.24) is 19.9 Å². The van der Waals surface area contributed by atoms with Crippen LogP contribution in [0, 0.1) is 0 Å². The molecule has 0 saturated carbocycles. The number of hydrogen-bond acceptors (Lipinski definition) is 6. The molecule has 0 aromatic carbocycles. The fourth-order valence-electron chi connectivity index (χ4n) is 3.29. The van der Waals surface area contributed by atoms with Crippen LogP contribution in [0.1, 0.15) is 12.8 Å². The van der Waals surface area contributed by atoms with Gasteiger partial charge in [-0.3, -0.25) is 4.98 Å². The van der Waals surface area contributed by atoms with Gasteiger partial charge in [0.05, 0.1) is 12.2 Å². The lowest BCUT2D eigenvalue weighted by Crippen LogP contribution is -2.45. The van der Waals surface area contributed by atoms with Crippen LogP contribution in [0.15, 0.2) is 36.8 Å². The van der Waals surface area contributed by atoms with Crippen LogP contribution in [-0.2, 0) is 4.74 Å². The molecule has 2 fully saturated rings. The van der Waals surface area contributed by atoms with Crippen LogP contribution in [0.5, 0.6) is 0 Å². The lowest BCUT2D eigenvalue weighted by Gasteiger charge is -2.35. The molecule has 124 valence electrons. The normalized spacial score (nSPS) is 18.8. The lowest BCUT2D eigenvalue weighted by atomic mass is 10.0. The highest BCUT2D eigenvalue weighted by Crippen LogP contribution is 2.24. The first-order valence-electron chi connectivity index (χ1n) is 8.23. The van der Waals surface area contributed by atoms with Crippen molar-refractivity contribution in [3.05, 3.63) is 36.8 Å². The standard InChI is InChI=1S/C17H19N5O2/c23-17-22(10-11-24-17)14-4-8-21(9-5-14)16-19-7-3-15(20-16)13-2-1-6-18-12-13/h1-3,6-7,12,14H,4-5,8-11H2. The molecule has 4 rings (SSSR count). The summed E-state index contributed by atoms with van der Waals surface area (Å²) < 4.78 is 5.04. The molecule has 2 aliphatic heterocycles. The molecule has 0 radical (unpaired) electrons. The van der Waals surface area contributed by atoms with E-state index in [1.807, 2.05) is 23.1 Å².